The fourth-order valence-electron chi connectivity index (χ4n) is 3.52. The zero-order chi connectivity index (χ0) is 20.3. The predicted molar refractivity (Wildman–Crippen MR) is 110 cm³/mol. The first-order chi connectivity index (χ1) is 13.3. The molecule has 2 aromatic carbocycles. The molecule has 0 radical (unpaired) electrons. The van der Waals surface area contributed by atoms with Gasteiger partial charge in [0.15, 0.2) is 0 Å². The molecule has 0 aliphatic carbocycles. The van der Waals surface area contributed by atoms with Crippen molar-refractivity contribution in [3.63, 3.8) is 0 Å². The minimum Gasteiger partial charge on any atom is -0.326 e. The highest BCUT2D eigenvalue weighted by Gasteiger charge is 2.32. The monoisotopic (exact) mass is 396 g/mol. The molecule has 0 atom stereocenters. The van der Waals surface area contributed by atoms with Gasteiger partial charge in [-0.1, -0.05) is 29.7 Å². The van der Waals surface area contributed by atoms with E-state index in [0.717, 1.165) is 11.1 Å². The number of amides is 1. The second-order valence-corrected chi connectivity index (χ2v) is 9.07. The third-order valence-electron chi connectivity index (χ3n) is 5.07. The van der Waals surface area contributed by atoms with Crippen molar-refractivity contribution in [3.8, 4) is 12.3 Å². The van der Waals surface area contributed by atoms with Gasteiger partial charge >= 0.3 is 0 Å². The third-order valence-corrected chi connectivity index (χ3v) is 7.13. The molecule has 1 saturated heterocycles. The molecule has 28 heavy (non-hydrogen) atoms. The topological polar surface area (TPSA) is 66.5 Å². The number of hydrogen-bond donors (Lipinski definition) is 1. The van der Waals surface area contributed by atoms with Gasteiger partial charge < -0.3 is 5.32 Å². The summed E-state index contributed by atoms with van der Waals surface area (Å²) in [6, 6.07) is 12.5. The lowest BCUT2D eigenvalue weighted by atomic mass is 9.97. The number of nitrogens with zero attached hydrogens (tertiary/aromatic N) is 1. The number of terminal acetylenes is 1. The second kappa shape index (κ2) is 8.17. The number of carbonyl (C=O) groups excluding carboxylic acids is 1. The predicted octanol–water partition coefficient (Wildman–Crippen LogP) is 3.32. The van der Waals surface area contributed by atoms with E-state index in [0.29, 0.717) is 42.1 Å². The van der Waals surface area contributed by atoms with E-state index in [1.54, 1.807) is 30.3 Å². The van der Waals surface area contributed by atoms with Crippen LogP contribution in [0.2, 0.25) is 0 Å². The molecule has 2 aromatic rings. The number of sulfonamides is 1. The summed E-state index contributed by atoms with van der Waals surface area (Å²) in [5.41, 5.74) is 3.13. The molecule has 6 heteroatoms. The zero-order valence-corrected chi connectivity index (χ0v) is 16.9. The molecule has 0 unspecified atom stereocenters. The third kappa shape index (κ3) is 4.27. The normalized spacial score (nSPS) is 15.8. The Morgan fingerprint density at radius 3 is 2.50 bits per heavy atom. The quantitative estimate of drug-likeness (QED) is 0.806. The highest BCUT2D eigenvalue weighted by atomic mass is 32.2. The summed E-state index contributed by atoms with van der Waals surface area (Å²) < 4.78 is 27.4. The van der Waals surface area contributed by atoms with Crippen molar-refractivity contribution in [2.45, 2.75) is 31.6 Å². The molecule has 146 valence electrons. The lowest BCUT2D eigenvalue weighted by molar-refractivity contribution is -0.120. The van der Waals surface area contributed by atoms with Gasteiger partial charge in [0, 0.05) is 30.3 Å². The van der Waals surface area contributed by atoms with Crippen LogP contribution in [0.1, 0.15) is 29.5 Å². The summed E-state index contributed by atoms with van der Waals surface area (Å²) in [6.07, 6.45) is 6.37. The summed E-state index contributed by atoms with van der Waals surface area (Å²) in [5, 5.41) is 2.88. The van der Waals surface area contributed by atoms with Crippen molar-refractivity contribution in [1.29, 1.82) is 0 Å². The van der Waals surface area contributed by atoms with Crippen molar-refractivity contribution in [2.75, 3.05) is 18.4 Å². The highest BCUT2D eigenvalue weighted by molar-refractivity contribution is 7.89. The maximum atomic E-state index is 13.0. The van der Waals surface area contributed by atoms with Gasteiger partial charge in [0.1, 0.15) is 0 Å². The Hall–Kier alpha value is -2.62. The van der Waals surface area contributed by atoms with Crippen LogP contribution in [0, 0.1) is 32.1 Å². The van der Waals surface area contributed by atoms with Gasteiger partial charge in [-0.3, -0.25) is 4.79 Å². The van der Waals surface area contributed by atoms with E-state index in [2.05, 4.69) is 11.2 Å². The SMILES string of the molecule is C#Cc1cccc(NC(=O)C2CCN(S(=O)(=O)c3ccc(C)cc3C)CC2)c1. The molecular weight excluding hydrogens is 372 g/mol. The van der Waals surface area contributed by atoms with Crippen molar-refractivity contribution in [2.24, 2.45) is 5.92 Å². The summed E-state index contributed by atoms with van der Waals surface area (Å²) in [4.78, 5) is 12.9. The number of nitrogens with one attached hydrogen (secondary N) is 1. The standard InChI is InChI=1S/C22H24N2O3S/c1-4-18-6-5-7-20(15-18)23-22(25)19-10-12-24(13-11-19)28(26,27)21-9-8-16(2)14-17(21)3/h1,5-9,14-15,19H,10-13H2,2-3H3,(H,23,25). The van der Waals surface area contributed by atoms with E-state index in [4.69, 9.17) is 6.42 Å². The number of hydrogen-bond acceptors (Lipinski definition) is 3. The molecule has 3 rings (SSSR count). The Bertz CT molecular complexity index is 1030. The first kappa shape index (κ1) is 20.1. The van der Waals surface area contributed by atoms with Crippen LogP contribution in [-0.4, -0.2) is 31.7 Å². The van der Waals surface area contributed by atoms with Gasteiger partial charge in [-0.25, -0.2) is 8.42 Å². The Morgan fingerprint density at radius 2 is 1.86 bits per heavy atom. The Balaban J connectivity index is 1.65. The number of anilines is 1. The molecule has 1 amide bonds. The van der Waals surface area contributed by atoms with E-state index in [9.17, 15) is 13.2 Å². The lowest BCUT2D eigenvalue weighted by Gasteiger charge is -2.31. The van der Waals surface area contributed by atoms with Crippen molar-refractivity contribution >= 4 is 21.6 Å². The lowest BCUT2D eigenvalue weighted by Crippen LogP contribution is -2.41. The summed E-state index contributed by atoms with van der Waals surface area (Å²) in [6.45, 7) is 4.41. The number of piperidine rings is 1. The van der Waals surface area contributed by atoms with Gasteiger partial charge in [0.05, 0.1) is 4.90 Å². The summed E-state index contributed by atoms with van der Waals surface area (Å²) >= 11 is 0. The largest absolute Gasteiger partial charge is 0.326 e. The molecule has 1 aliphatic heterocycles. The number of carbonyl (C=O) groups is 1. The fourth-order valence-corrected chi connectivity index (χ4v) is 5.19. The minimum atomic E-state index is -3.55. The Labute approximate surface area is 166 Å². The van der Waals surface area contributed by atoms with Crippen LogP contribution < -0.4 is 5.32 Å². The average Bonchev–Trinajstić information content (AvgIpc) is 2.68. The molecule has 1 heterocycles. The highest BCUT2D eigenvalue weighted by Crippen LogP contribution is 2.27. The average molecular weight is 397 g/mol. The number of benzene rings is 2. The Morgan fingerprint density at radius 1 is 1.14 bits per heavy atom. The maximum Gasteiger partial charge on any atom is 0.243 e. The van der Waals surface area contributed by atoms with E-state index in [1.807, 2.05) is 26.0 Å². The fraction of sp³-hybridized carbons (Fsp3) is 0.318. The van der Waals surface area contributed by atoms with E-state index < -0.39 is 10.0 Å². The van der Waals surface area contributed by atoms with Crippen LogP contribution in [0.15, 0.2) is 47.4 Å². The van der Waals surface area contributed by atoms with Crippen molar-refractivity contribution in [3.05, 3.63) is 59.2 Å². The minimum absolute atomic E-state index is 0.0993. The van der Waals surface area contributed by atoms with Crippen molar-refractivity contribution < 1.29 is 13.2 Å². The maximum absolute atomic E-state index is 13.0. The van der Waals surface area contributed by atoms with Gasteiger partial charge in [-0.2, -0.15) is 4.31 Å². The molecule has 0 spiro atoms. The molecule has 1 aliphatic rings. The van der Waals surface area contributed by atoms with Crippen LogP contribution in [0.3, 0.4) is 0 Å². The summed E-state index contributed by atoms with van der Waals surface area (Å²) in [5.74, 6) is 2.22. The van der Waals surface area contributed by atoms with Crippen LogP contribution in [-0.2, 0) is 14.8 Å². The molecule has 0 bridgehead atoms. The second-order valence-electron chi connectivity index (χ2n) is 7.16. The molecule has 5 nitrogen and oxygen atoms in total. The van der Waals surface area contributed by atoms with Gasteiger partial charge in [-0.05, 0) is 56.5 Å². The van der Waals surface area contributed by atoms with Crippen LogP contribution in [0.4, 0.5) is 5.69 Å². The Kier molecular flexibility index (Phi) is 5.87. The molecule has 0 aromatic heterocycles. The van der Waals surface area contributed by atoms with Crippen LogP contribution in [0.25, 0.3) is 0 Å². The van der Waals surface area contributed by atoms with Gasteiger partial charge in [-0.15, -0.1) is 6.42 Å². The van der Waals surface area contributed by atoms with E-state index >= 15 is 0 Å². The van der Waals surface area contributed by atoms with Gasteiger partial charge in [0.25, 0.3) is 0 Å². The van der Waals surface area contributed by atoms with E-state index in [1.165, 1.54) is 4.31 Å². The smallest absolute Gasteiger partial charge is 0.243 e. The van der Waals surface area contributed by atoms with Crippen LogP contribution in [0.5, 0.6) is 0 Å². The number of aryl methyl sites for hydroxylation is 2. The first-order valence-corrected chi connectivity index (χ1v) is 10.7. The van der Waals surface area contributed by atoms with Gasteiger partial charge in [0.2, 0.25) is 15.9 Å². The summed E-state index contributed by atoms with van der Waals surface area (Å²) in [7, 11) is -3.55. The van der Waals surface area contributed by atoms with Crippen molar-refractivity contribution in [1.82, 2.24) is 4.31 Å². The zero-order valence-electron chi connectivity index (χ0n) is 16.1. The molecular formula is C22H24N2O3S. The van der Waals surface area contributed by atoms with E-state index in [-0.39, 0.29) is 11.8 Å². The first-order valence-electron chi connectivity index (χ1n) is 9.26. The molecule has 1 N–H and O–H groups in total. The molecule has 0 saturated carbocycles. The van der Waals surface area contributed by atoms with Crippen LogP contribution >= 0.6 is 0 Å². The number of rotatable bonds is 4. The molecule has 1 fully saturated rings.